The average Bonchev–Trinajstić information content (AvgIpc) is 3.25. The van der Waals surface area contributed by atoms with Gasteiger partial charge in [-0.3, -0.25) is 9.89 Å². The Labute approximate surface area is 190 Å². The van der Waals surface area contributed by atoms with Crippen molar-refractivity contribution in [2.75, 3.05) is 5.32 Å². The number of nitrogens with zero attached hydrogens (tertiary/aromatic N) is 3. The van der Waals surface area contributed by atoms with Gasteiger partial charge in [-0.15, -0.1) is 0 Å². The van der Waals surface area contributed by atoms with E-state index in [9.17, 15) is 23.1 Å². The van der Waals surface area contributed by atoms with E-state index in [4.69, 9.17) is 16.3 Å². The number of carbonyl (C=O) groups is 1. The van der Waals surface area contributed by atoms with Crippen molar-refractivity contribution in [3.8, 4) is 11.4 Å². The summed E-state index contributed by atoms with van der Waals surface area (Å²) >= 11 is 5.92. The fourth-order valence-corrected chi connectivity index (χ4v) is 3.22. The Bertz CT molecular complexity index is 1170. The van der Waals surface area contributed by atoms with Crippen LogP contribution in [0.15, 0.2) is 18.3 Å². The van der Waals surface area contributed by atoms with Gasteiger partial charge in [-0.05, 0) is 39.3 Å². The monoisotopic (exact) mass is 489 g/mol. The van der Waals surface area contributed by atoms with Crippen molar-refractivity contribution in [1.82, 2.24) is 20.0 Å². The number of rotatable bonds is 6. The molecule has 0 aliphatic heterocycles. The number of carbonyl (C=O) groups excluding carboxylic acids is 1. The van der Waals surface area contributed by atoms with Crippen LogP contribution in [0, 0.1) is 19.7 Å². The molecule has 8 nitrogen and oxygen atoms in total. The molecule has 0 saturated heterocycles. The van der Waals surface area contributed by atoms with Crippen LogP contribution in [0.1, 0.15) is 47.3 Å². The van der Waals surface area contributed by atoms with Gasteiger partial charge in [0.2, 0.25) is 0 Å². The number of amides is 1. The lowest BCUT2D eigenvalue weighted by atomic mass is 10.1. The predicted molar refractivity (Wildman–Crippen MR) is 111 cm³/mol. The second-order valence-electron chi connectivity index (χ2n) is 7.37. The molecule has 0 spiro atoms. The number of hydrogen-bond acceptors (Lipinski definition) is 5. The third-order valence-electron chi connectivity index (χ3n) is 4.78. The number of H-pyrrole nitrogens is 1. The Balaban J connectivity index is 2.09. The maximum atomic E-state index is 15.0. The maximum Gasteiger partial charge on any atom is 0.425 e. The summed E-state index contributed by atoms with van der Waals surface area (Å²) < 4.78 is 60.5. The number of hydrogen-bond donors (Lipinski definition) is 3. The molecular weight excluding hydrogens is 470 g/mol. The molecule has 0 saturated carbocycles. The standard InChI is InChI=1S/C20H20ClF4N5O3/c1-8-7-30(29-16(8)10(3)31)14-6-15(33-11(4)20(23,24)25)12(5-13(14)22)19(32)26-17-9(2)27-28-18(17)21/h5-7,10-11,31H,1-4H3,(H,26,32)(H,27,28)/t10-,11+/m1/s1. The van der Waals surface area contributed by atoms with Gasteiger partial charge in [0, 0.05) is 12.3 Å². The molecule has 1 aromatic carbocycles. The normalized spacial score (nSPS) is 13.6. The molecule has 2 aromatic heterocycles. The van der Waals surface area contributed by atoms with E-state index in [1.165, 1.54) is 20.0 Å². The minimum atomic E-state index is -4.74. The second-order valence-corrected chi connectivity index (χ2v) is 7.75. The lowest BCUT2D eigenvalue weighted by Gasteiger charge is -2.20. The summed E-state index contributed by atoms with van der Waals surface area (Å²) in [7, 11) is 0. The molecule has 3 N–H and O–H groups in total. The van der Waals surface area contributed by atoms with Crippen molar-refractivity contribution in [1.29, 1.82) is 0 Å². The third-order valence-corrected chi connectivity index (χ3v) is 5.05. The number of halogens is 5. The van der Waals surface area contributed by atoms with Crippen molar-refractivity contribution < 1.29 is 32.2 Å². The molecule has 0 aliphatic carbocycles. The number of anilines is 1. The van der Waals surface area contributed by atoms with E-state index in [1.54, 1.807) is 6.92 Å². The highest BCUT2D eigenvalue weighted by Crippen LogP contribution is 2.32. The van der Waals surface area contributed by atoms with Crippen LogP contribution in [-0.2, 0) is 0 Å². The van der Waals surface area contributed by atoms with Crippen molar-refractivity contribution in [2.24, 2.45) is 0 Å². The second kappa shape index (κ2) is 9.02. The number of ether oxygens (including phenoxy) is 1. The molecule has 2 atom stereocenters. The molecule has 1 amide bonds. The lowest BCUT2D eigenvalue weighted by molar-refractivity contribution is -0.189. The number of alkyl halides is 3. The van der Waals surface area contributed by atoms with Crippen molar-refractivity contribution >= 4 is 23.2 Å². The molecule has 0 unspecified atom stereocenters. The smallest absolute Gasteiger partial charge is 0.425 e. The van der Waals surface area contributed by atoms with Gasteiger partial charge < -0.3 is 15.2 Å². The average molecular weight is 490 g/mol. The highest BCUT2D eigenvalue weighted by Gasteiger charge is 2.39. The third kappa shape index (κ3) is 5.11. The SMILES string of the molecule is Cc1cn(-c2cc(O[C@@H](C)C(F)(F)F)c(C(=O)Nc3c(C)n[nH]c3Cl)cc2F)nc1[C@@H](C)O. The Morgan fingerprint density at radius 2 is 1.97 bits per heavy atom. The minimum Gasteiger partial charge on any atom is -0.480 e. The largest absolute Gasteiger partial charge is 0.480 e. The molecule has 178 valence electrons. The first-order valence-electron chi connectivity index (χ1n) is 9.63. The quantitative estimate of drug-likeness (QED) is 0.437. The summed E-state index contributed by atoms with van der Waals surface area (Å²) in [6.45, 7) is 5.38. The van der Waals surface area contributed by atoms with Crippen LogP contribution in [-0.4, -0.2) is 43.3 Å². The van der Waals surface area contributed by atoms with E-state index in [1.807, 2.05) is 0 Å². The highest BCUT2D eigenvalue weighted by molar-refractivity contribution is 6.33. The first-order chi connectivity index (χ1) is 15.3. The molecule has 3 aromatic rings. The van der Waals surface area contributed by atoms with Crippen LogP contribution >= 0.6 is 11.6 Å². The van der Waals surface area contributed by atoms with Gasteiger partial charge >= 0.3 is 6.18 Å². The Hall–Kier alpha value is -3.12. The Morgan fingerprint density at radius 3 is 2.48 bits per heavy atom. The van der Waals surface area contributed by atoms with Crippen molar-refractivity contribution in [2.45, 2.75) is 46.1 Å². The van der Waals surface area contributed by atoms with Gasteiger partial charge in [0.05, 0.1) is 23.1 Å². The van der Waals surface area contributed by atoms with Gasteiger partial charge in [0.1, 0.15) is 28.1 Å². The Kier molecular flexibility index (Phi) is 6.70. The number of aromatic nitrogens is 4. The molecule has 0 bridgehead atoms. The molecule has 2 heterocycles. The zero-order chi connectivity index (χ0) is 24.7. The van der Waals surface area contributed by atoms with Gasteiger partial charge in [0.15, 0.2) is 6.10 Å². The predicted octanol–water partition coefficient (Wildman–Crippen LogP) is 4.64. The number of aryl methyl sites for hydroxylation is 2. The van der Waals surface area contributed by atoms with E-state index >= 15 is 4.39 Å². The summed E-state index contributed by atoms with van der Waals surface area (Å²) in [5.74, 6) is -2.45. The van der Waals surface area contributed by atoms with E-state index in [2.05, 4.69) is 20.6 Å². The first kappa shape index (κ1) is 24.5. The van der Waals surface area contributed by atoms with Crippen molar-refractivity contribution in [3.63, 3.8) is 0 Å². The topological polar surface area (TPSA) is 105 Å². The summed E-state index contributed by atoms with van der Waals surface area (Å²) in [5, 5.41) is 22.5. The number of nitrogens with one attached hydrogen (secondary N) is 2. The molecule has 0 aliphatic rings. The first-order valence-corrected chi connectivity index (χ1v) is 10.0. The van der Waals surface area contributed by atoms with Crippen molar-refractivity contribution in [3.05, 3.63) is 51.8 Å². The van der Waals surface area contributed by atoms with Crippen LogP contribution in [0.25, 0.3) is 5.69 Å². The van der Waals surface area contributed by atoms with E-state index in [0.717, 1.165) is 23.7 Å². The molecular formula is C20H20ClF4N5O3. The lowest BCUT2D eigenvalue weighted by Crippen LogP contribution is -2.32. The Morgan fingerprint density at radius 1 is 1.30 bits per heavy atom. The summed E-state index contributed by atoms with van der Waals surface area (Å²) in [5.41, 5.74) is 0.418. The van der Waals surface area contributed by atoms with Crippen LogP contribution in [0.3, 0.4) is 0 Å². The molecule has 33 heavy (non-hydrogen) atoms. The zero-order valence-electron chi connectivity index (χ0n) is 17.9. The molecule has 0 fully saturated rings. The summed E-state index contributed by atoms with van der Waals surface area (Å²) in [6.07, 6.45) is -6.60. The van der Waals surface area contributed by atoms with Crippen LogP contribution in [0.2, 0.25) is 5.15 Å². The molecule has 0 radical (unpaired) electrons. The van der Waals surface area contributed by atoms with Crippen LogP contribution in [0.4, 0.5) is 23.2 Å². The molecule has 13 heteroatoms. The van der Waals surface area contributed by atoms with Crippen LogP contribution in [0.5, 0.6) is 5.75 Å². The van der Waals surface area contributed by atoms with E-state index < -0.39 is 41.4 Å². The maximum absolute atomic E-state index is 15.0. The summed E-state index contributed by atoms with van der Waals surface area (Å²) in [6, 6.07) is 1.68. The fraction of sp³-hybridized carbons (Fsp3) is 0.350. The minimum absolute atomic E-state index is 0.0123. The number of benzene rings is 1. The van der Waals surface area contributed by atoms with Gasteiger partial charge in [-0.2, -0.15) is 23.4 Å². The van der Waals surface area contributed by atoms with Gasteiger partial charge in [0.25, 0.3) is 5.91 Å². The molecule has 3 rings (SSSR count). The van der Waals surface area contributed by atoms with Gasteiger partial charge in [-0.25, -0.2) is 9.07 Å². The van der Waals surface area contributed by atoms with E-state index in [0.29, 0.717) is 11.3 Å². The van der Waals surface area contributed by atoms with E-state index in [-0.39, 0.29) is 22.2 Å². The number of aliphatic hydroxyl groups excluding tert-OH is 1. The highest BCUT2D eigenvalue weighted by atomic mass is 35.5. The number of aromatic amines is 1. The number of aliphatic hydroxyl groups is 1. The zero-order valence-corrected chi connectivity index (χ0v) is 18.6. The van der Waals surface area contributed by atoms with Gasteiger partial charge in [-0.1, -0.05) is 11.6 Å². The van der Waals surface area contributed by atoms with Crippen LogP contribution < -0.4 is 10.1 Å². The summed E-state index contributed by atoms with van der Waals surface area (Å²) in [4.78, 5) is 12.8. The fourth-order valence-electron chi connectivity index (χ4n) is 2.99.